The van der Waals surface area contributed by atoms with Crippen LogP contribution in [0.1, 0.15) is 30.6 Å². The van der Waals surface area contributed by atoms with Crippen molar-refractivity contribution >= 4 is 21.7 Å². The number of ether oxygens (including phenoxy) is 2. The SMILES string of the molecule is CCOc1ccc(C(=O)NCC(=O)NCCCS(=O)(=O)c2ccccc2)cc1OCC. The van der Waals surface area contributed by atoms with Gasteiger partial charge in [0, 0.05) is 12.1 Å². The molecule has 8 nitrogen and oxygen atoms in total. The van der Waals surface area contributed by atoms with Crippen LogP contribution < -0.4 is 20.1 Å². The van der Waals surface area contributed by atoms with Crippen LogP contribution in [0, 0.1) is 0 Å². The molecule has 2 aromatic rings. The van der Waals surface area contributed by atoms with Crippen LogP contribution in [-0.2, 0) is 14.6 Å². The van der Waals surface area contributed by atoms with Gasteiger partial charge in [0.15, 0.2) is 21.3 Å². The van der Waals surface area contributed by atoms with E-state index in [2.05, 4.69) is 10.6 Å². The van der Waals surface area contributed by atoms with Gasteiger partial charge >= 0.3 is 0 Å². The highest BCUT2D eigenvalue weighted by atomic mass is 32.2. The highest BCUT2D eigenvalue weighted by Gasteiger charge is 2.14. The summed E-state index contributed by atoms with van der Waals surface area (Å²) < 4.78 is 35.4. The molecule has 2 aromatic carbocycles. The highest BCUT2D eigenvalue weighted by molar-refractivity contribution is 7.91. The first kappa shape index (κ1) is 24.2. The third-order valence-corrected chi connectivity index (χ3v) is 6.05. The van der Waals surface area contributed by atoms with Gasteiger partial charge in [-0.05, 0) is 50.6 Å². The van der Waals surface area contributed by atoms with Crippen LogP contribution in [0.5, 0.6) is 11.5 Å². The first-order valence-corrected chi connectivity index (χ1v) is 11.7. The molecule has 0 bridgehead atoms. The molecule has 0 aliphatic rings. The lowest BCUT2D eigenvalue weighted by Crippen LogP contribution is -2.37. The first-order chi connectivity index (χ1) is 14.9. The van der Waals surface area contributed by atoms with Gasteiger partial charge in [0.05, 0.1) is 30.4 Å². The average Bonchev–Trinajstić information content (AvgIpc) is 2.77. The Bertz CT molecular complexity index is 977. The van der Waals surface area contributed by atoms with Crippen LogP contribution >= 0.6 is 0 Å². The summed E-state index contributed by atoms with van der Waals surface area (Å²) in [5.74, 6) is 0.105. The molecule has 0 heterocycles. The van der Waals surface area contributed by atoms with Crippen LogP contribution in [0.25, 0.3) is 0 Å². The Balaban J connectivity index is 1.78. The molecule has 2 rings (SSSR count). The zero-order chi connectivity index (χ0) is 22.7. The summed E-state index contributed by atoms with van der Waals surface area (Å²) in [6.45, 7) is 4.55. The molecule has 0 saturated heterocycles. The van der Waals surface area contributed by atoms with Crippen molar-refractivity contribution < 1.29 is 27.5 Å². The van der Waals surface area contributed by atoms with Crippen LogP contribution in [-0.4, -0.2) is 52.3 Å². The topological polar surface area (TPSA) is 111 Å². The summed E-state index contributed by atoms with van der Waals surface area (Å²) in [6, 6.07) is 13.0. The predicted octanol–water partition coefficient (Wildman–Crippen LogP) is 2.19. The van der Waals surface area contributed by atoms with Gasteiger partial charge in [0.25, 0.3) is 5.91 Å². The van der Waals surface area contributed by atoms with Crippen molar-refractivity contribution in [2.24, 2.45) is 0 Å². The molecule has 0 spiro atoms. The summed E-state index contributed by atoms with van der Waals surface area (Å²) in [4.78, 5) is 24.5. The number of carbonyl (C=O) groups excluding carboxylic acids is 2. The maximum atomic E-state index is 12.3. The molecular weight excluding hydrogens is 420 g/mol. The monoisotopic (exact) mass is 448 g/mol. The molecule has 0 aliphatic carbocycles. The standard InChI is InChI=1S/C22H28N2O6S/c1-3-29-19-12-11-17(15-20(19)30-4-2)22(26)24-16-21(25)23-13-8-14-31(27,28)18-9-6-5-7-10-18/h5-7,9-12,15H,3-4,8,13-14,16H2,1-2H3,(H,23,25)(H,24,26). The van der Waals surface area contributed by atoms with Crippen molar-refractivity contribution in [3.8, 4) is 11.5 Å². The Morgan fingerprint density at radius 2 is 1.58 bits per heavy atom. The van der Waals surface area contributed by atoms with E-state index in [1.165, 1.54) is 0 Å². The van der Waals surface area contributed by atoms with E-state index in [0.29, 0.717) is 30.3 Å². The zero-order valence-electron chi connectivity index (χ0n) is 17.7. The summed E-state index contributed by atoms with van der Waals surface area (Å²) in [6.07, 6.45) is 0.271. The number of sulfone groups is 1. The van der Waals surface area contributed by atoms with Crippen molar-refractivity contribution in [1.29, 1.82) is 0 Å². The molecule has 0 saturated carbocycles. The lowest BCUT2D eigenvalue weighted by atomic mass is 10.2. The largest absolute Gasteiger partial charge is 0.490 e. The number of carbonyl (C=O) groups is 2. The number of amides is 2. The van der Waals surface area contributed by atoms with Crippen molar-refractivity contribution in [2.45, 2.75) is 25.2 Å². The van der Waals surface area contributed by atoms with E-state index in [4.69, 9.17) is 9.47 Å². The number of rotatable bonds is 12. The van der Waals surface area contributed by atoms with Crippen LogP contribution in [0.15, 0.2) is 53.4 Å². The van der Waals surface area contributed by atoms with Gasteiger partial charge in [0.1, 0.15) is 0 Å². The first-order valence-electron chi connectivity index (χ1n) is 10.1. The van der Waals surface area contributed by atoms with Crippen molar-refractivity contribution in [2.75, 3.05) is 32.1 Å². The summed E-state index contributed by atoms with van der Waals surface area (Å²) in [5, 5.41) is 5.15. The second-order valence-electron chi connectivity index (χ2n) is 6.55. The highest BCUT2D eigenvalue weighted by Crippen LogP contribution is 2.28. The maximum absolute atomic E-state index is 12.3. The van der Waals surface area contributed by atoms with Gasteiger partial charge in [-0.1, -0.05) is 18.2 Å². The fourth-order valence-electron chi connectivity index (χ4n) is 2.75. The predicted molar refractivity (Wildman–Crippen MR) is 117 cm³/mol. The molecule has 9 heteroatoms. The van der Waals surface area contributed by atoms with Gasteiger partial charge < -0.3 is 20.1 Å². The van der Waals surface area contributed by atoms with E-state index < -0.39 is 21.7 Å². The molecule has 0 atom stereocenters. The minimum atomic E-state index is -3.38. The normalized spacial score (nSPS) is 10.9. The Hall–Kier alpha value is -3.07. The molecule has 0 aliphatic heterocycles. The Morgan fingerprint density at radius 1 is 0.903 bits per heavy atom. The van der Waals surface area contributed by atoms with Crippen molar-refractivity contribution in [1.82, 2.24) is 10.6 Å². The second-order valence-corrected chi connectivity index (χ2v) is 8.65. The zero-order valence-corrected chi connectivity index (χ0v) is 18.5. The van der Waals surface area contributed by atoms with Gasteiger partial charge in [-0.2, -0.15) is 0 Å². The molecule has 168 valence electrons. The molecule has 0 aromatic heterocycles. The van der Waals surface area contributed by atoms with Crippen molar-refractivity contribution in [3.05, 3.63) is 54.1 Å². The maximum Gasteiger partial charge on any atom is 0.251 e. The van der Waals surface area contributed by atoms with E-state index in [0.717, 1.165) is 0 Å². The van der Waals surface area contributed by atoms with Crippen molar-refractivity contribution in [3.63, 3.8) is 0 Å². The lowest BCUT2D eigenvalue weighted by Gasteiger charge is -2.12. The Morgan fingerprint density at radius 3 is 2.26 bits per heavy atom. The number of benzene rings is 2. The fourth-order valence-corrected chi connectivity index (χ4v) is 4.09. The minimum Gasteiger partial charge on any atom is -0.490 e. The lowest BCUT2D eigenvalue weighted by molar-refractivity contribution is -0.120. The van der Waals surface area contributed by atoms with E-state index in [9.17, 15) is 18.0 Å². The molecule has 0 radical (unpaired) electrons. The molecule has 31 heavy (non-hydrogen) atoms. The molecule has 2 amide bonds. The van der Waals surface area contributed by atoms with Gasteiger partial charge in [-0.3, -0.25) is 9.59 Å². The van der Waals surface area contributed by atoms with E-state index in [1.54, 1.807) is 48.5 Å². The average molecular weight is 449 g/mol. The molecule has 0 unspecified atom stereocenters. The third kappa shape index (κ3) is 7.60. The fraction of sp³-hybridized carbons (Fsp3) is 0.364. The van der Waals surface area contributed by atoms with Gasteiger partial charge in [-0.15, -0.1) is 0 Å². The second kappa shape index (κ2) is 11.9. The Labute approximate surface area is 182 Å². The van der Waals surface area contributed by atoms with E-state index in [1.807, 2.05) is 13.8 Å². The number of hydrogen-bond donors (Lipinski definition) is 2. The van der Waals surface area contributed by atoms with E-state index >= 15 is 0 Å². The third-order valence-electron chi connectivity index (χ3n) is 4.23. The van der Waals surface area contributed by atoms with Crippen LogP contribution in [0.4, 0.5) is 0 Å². The van der Waals surface area contributed by atoms with Gasteiger partial charge in [0.2, 0.25) is 5.91 Å². The number of hydrogen-bond acceptors (Lipinski definition) is 6. The Kier molecular flexibility index (Phi) is 9.33. The summed E-state index contributed by atoms with van der Waals surface area (Å²) in [5.41, 5.74) is 0.341. The smallest absolute Gasteiger partial charge is 0.251 e. The summed E-state index contributed by atoms with van der Waals surface area (Å²) >= 11 is 0. The number of nitrogens with one attached hydrogen (secondary N) is 2. The van der Waals surface area contributed by atoms with Gasteiger partial charge in [-0.25, -0.2) is 8.42 Å². The quantitative estimate of drug-likeness (QED) is 0.482. The van der Waals surface area contributed by atoms with E-state index in [-0.39, 0.29) is 30.2 Å². The van der Waals surface area contributed by atoms with Crippen LogP contribution in [0.3, 0.4) is 0 Å². The molecular formula is C22H28N2O6S. The molecule has 2 N–H and O–H groups in total. The minimum absolute atomic E-state index is 0.0734. The summed E-state index contributed by atoms with van der Waals surface area (Å²) in [7, 11) is -3.38. The molecule has 0 fully saturated rings. The van der Waals surface area contributed by atoms with Crippen LogP contribution in [0.2, 0.25) is 0 Å².